The van der Waals surface area contributed by atoms with E-state index in [1.54, 1.807) is 0 Å². The summed E-state index contributed by atoms with van der Waals surface area (Å²) in [7, 11) is 2.02. The molecule has 0 aromatic carbocycles. The molecule has 3 heteroatoms. The molecule has 0 saturated carbocycles. The van der Waals surface area contributed by atoms with Crippen molar-refractivity contribution in [3.63, 3.8) is 0 Å². The third kappa shape index (κ3) is 3.93. The van der Waals surface area contributed by atoms with E-state index in [-0.39, 0.29) is 0 Å². The summed E-state index contributed by atoms with van der Waals surface area (Å²) in [6.07, 6.45) is 10.7. The Morgan fingerprint density at radius 3 is 2.28 bits per heavy atom. The van der Waals surface area contributed by atoms with E-state index in [1.807, 2.05) is 44.0 Å². The van der Waals surface area contributed by atoms with Crippen LogP contribution in [-0.4, -0.2) is 23.1 Å². The monoisotopic (exact) mass is 241 g/mol. The van der Waals surface area contributed by atoms with Crippen LogP contribution < -0.4 is 5.32 Å². The number of aryl methyl sites for hydroxylation is 1. The van der Waals surface area contributed by atoms with Crippen molar-refractivity contribution < 1.29 is 0 Å². The lowest BCUT2D eigenvalue weighted by Gasteiger charge is -2.15. The van der Waals surface area contributed by atoms with E-state index in [1.165, 1.54) is 11.1 Å². The van der Waals surface area contributed by atoms with Crippen molar-refractivity contribution in [3.8, 4) is 0 Å². The third-order valence-corrected chi connectivity index (χ3v) is 3.12. The van der Waals surface area contributed by atoms with E-state index >= 15 is 0 Å². The topological polar surface area (TPSA) is 37.8 Å². The molecule has 0 radical (unpaired) electrons. The van der Waals surface area contributed by atoms with Crippen molar-refractivity contribution in [3.05, 3.63) is 60.2 Å². The van der Waals surface area contributed by atoms with Gasteiger partial charge in [0, 0.05) is 30.8 Å². The van der Waals surface area contributed by atoms with Crippen LogP contribution in [0.25, 0.3) is 0 Å². The average Bonchev–Trinajstić information content (AvgIpc) is 2.45. The third-order valence-electron chi connectivity index (χ3n) is 3.12. The van der Waals surface area contributed by atoms with Gasteiger partial charge in [-0.3, -0.25) is 9.97 Å². The summed E-state index contributed by atoms with van der Waals surface area (Å²) < 4.78 is 0. The van der Waals surface area contributed by atoms with Gasteiger partial charge in [0.1, 0.15) is 0 Å². The van der Waals surface area contributed by atoms with E-state index in [0.717, 1.165) is 19.3 Å². The maximum Gasteiger partial charge on any atom is 0.0300 e. The second-order valence-electron chi connectivity index (χ2n) is 4.45. The molecule has 0 aliphatic rings. The zero-order valence-corrected chi connectivity index (χ0v) is 10.7. The van der Waals surface area contributed by atoms with E-state index in [0.29, 0.717) is 6.04 Å². The number of nitrogens with zero attached hydrogens (tertiary/aromatic N) is 2. The fourth-order valence-corrected chi connectivity index (χ4v) is 2.04. The van der Waals surface area contributed by atoms with Gasteiger partial charge in [-0.2, -0.15) is 0 Å². The lowest BCUT2D eigenvalue weighted by Crippen LogP contribution is -2.28. The maximum absolute atomic E-state index is 4.15. The standard InChI is InChI=1S/C15H19N3/c1-16-15(10-14-5-3-9-18-12-14)7-6-13-4-2-8-17-11-13/h2-5,8-9,11-12,15-16H,6-7,10H2,1H3. The van der Waals surface area contributed by atoms with Gasteiger partial charge < -0.3 is 5.32 Å². The molecule has 0 aliphatic carbocycles. The van der Waals surface area contributed by atoms with Gasteiger partial charge in [-0.25, -0.2) is 0 Å². The van der Waals surface area contributed by atoms with Crippen molar-refractivity contribution in [1.29, 1.82) is 0 Å². The Balaban J connectivity index is 1.86. The van der Waals surface area contributed by atoms with Crippen LogP contribution in [0.15, 0.2) is 49.1 Å². The van der Waals surface area contributed by atoms with Crippen LogP contribution in [0, 0.1) is 0 Å². The highest BCUT2D eigenvalue weighted by Gasteiger charge is 2.07. The van der Waals surface area contributed by atoms with Gasteiger partial charge >= 0.3 is 0 Å². The van der Waals surface area contributed by atoms with E-state index < -0.39 is 0 Å². The van der Waals surface area contributed by atoms with Gasteiger partial charge in [0.05, 0.1) is 0 Å². The normalized spacial score (nSPS) is 12.3. The molecule has 0 amide bonds. The zero-order chi connectivity index (χ0) is 12.6. The fraction of sp³-hybridized carbons (Fsp3) is 0.333. The summed E-state index contributed by atoms with van der Waals surface area (Å²) in [5.41, 5.74) is 2.58. The minimum absolute atomic E-state index is 0.481. The van der Waals surface area contributed by atoms with Gasteiger partial charge in [-0.15, -0.1) is 0 Å². The van der Waals surface area contributed by atoms with Crippen LogP contribution in [0.1, 0.15) is 17.5 Å². The predicted octanol–water partition coefficient (Wildman–Crippen LogP) is 2.24. The molecule has 2 aromatic heterocycles. The van der Waals surface area contributed by atoms with Crippen LogP contribution in [0.5, 0.6) is 0 Å². The minimum Gasteiger partial charge on any atom is -0.317 e. The molecule has 0 aliphatic heterocycles. The fourth-order valence-electron chi connectivity index (χ4n) is 2.04. The predicted molar refractivity (Wildman–Crippen MR) is 73.3 cm³/mol. The Kier molecular flexibility index (Phi) is 4.85. The first-order valence-corrected chi connectivity index (χ1v) is 6.33. The molecule has 1 N–H and O–H groups in total. The van der Waals surface area contributed by atoms with Crippen LogP contribution in [0.3, 0.4) is 0 Å². The largest absolute Gasteiger partial charge is 0.317 e. The number of rotatable bonds is 6. The molecule has 2 aromatic rings. The lowest BCUT2D eigenvalue weighted by atomic mass is 10.0. The summed E-state index contributed by atoms with van der Waals surface area (Å²) in [5.74, 6) is 0. The van der Waals surface area contributed by atoms with E-state index in [9.17, 15) is 0 Å². The number of nitrogens with one attached hydrogen (secondary N) is 1. The van der Waals surface area contributed by atoms with Gasteiger partial charge in [0.25, 0.3) is 0 Å². The van der Waals surface area contributed by atoms with Gasteiger partial charge in [0.2, 0.25) is 0 Å². The maximum atomic E-state index is 4.15. The highest BCUT2D eigenvalue weighted by atomic mass is 14.9. The summed E-state index contributed by atoms with van der Waals surface area (Å²) in [6.45, 7) is 0. The minimum atomic E-state index is 0.481. The number of likely N-dealkylation sites (N-methyl/N-ethyl adjacent to an activating group) is 1. The molecule has 0 spiro atoms. The summed E-state index contributed by atoms with van der Waals surface area (Å²) in [4.78, 5) is 8.29. The molecule has 0 fully saturated rings. The molecule has 1 atom stereocenters. The number of hydrogen-bond donors (Lipinski definition) is 1. The molecule has 18 heavy (non-hydrogen) atoms. The van der Waals surface area contributed by atoms with E-state index in [2.05, 4.69) is 27.4 Å². The highest BCUT2D eigenvalue weighted by Crippen LogP contribution is 2.08. The lowest BCUT2D eigenvalue weighted by molar-refractivity contribution is 0.519. The van der Waals surface area contributed by atoms with Crippen molar-refractivity contribution in [2.75, 3.05) is 7.05 Å². The van der Waals surface area contributed by atoms with Gasteiger partial charge in [-0.1, -0.05) is 12.1 Å². The van der Waals surface area contributed by atoms with Gasteiger partial charge in [0.15, 0.2) is 0 Å². The number of aromatic nitrogens is 2. The SMILES string of the molecule is CNC(CCc1cccnc1)Cc1cccnc1. The Morgan fingerprint density at radius 1 is 1.06 bits per heavy atom. The van der Waals surface area contributed by atoms with Crippen molar-refractivity contribution in [1.82, 2.24) is 15.3 Å². The quantitative estimate of drug-likeness (QED) is 0.843. The van der Waals surface area contributed by atoms with Crippen LogP contribution in [0.4, 0.5) is 0 Å². The molecule has 0 bridgehead atoms. The van der Waals surface area contributed by atoms with Crippen molar-refractivity contribution >= 4 is 0 Å². The molecular formula is C15H19N3. The zero-order valence-electron chi connectivity index (χ0n) is 10.7. The first kappa shape index (κ1) is 12.7. The molecule has 1 unspecified atom stereocenters. The van der Waals surface area contributed by atoms with Crippen LogP contribution in [0.2, 0.25) is 0 Å². The van der Waals surface area contributed by atoms with Crippen LogP contribution >= 0.6 is 0 Å². The van der Waals surface area contributed by atoms with Gasteiger partial charge in [-0.05, 0) is 49.6 Å². The number of hydrogen-bond acceptors (Lipinski definition) is 3. The molecular weight excluding hydrogens is 222 g/mol. The van der Waals surface area contributed by atoms with Crippen molar-refractivity contribution in [2.45, 2.75) is 25.3 Å². The Hall–Kier alpha value is -1.74. The summed E-state index contributed by atoms with van der Waals surface area (Å²) in [6, 6.07) is 8.72. The van der Waals surface area contributed by atoms with Crippen molar-refractivity contribution in [2.24, 2.45) is 0 Å². The second kappa shape index (κ2) is 6.87. The smallest absolute Gasteiger partial charge is 0.0300 e. The second-order valence-corrected chi connectivity index (χ2v) is 4.45. The van der Waals surface area contributed by atoms with E-state index in [4.69, 9.17) is 0 Å². The number of pyridine rings is 2. The molecule has 2 heterocycles. The molecule has 2 rings (SSSR count). The Bertz CT molecular complexity index is 442. The summed E-state index contributed by atoms with van der Waals surface area (Å²) in [5, 5.41) is 3.37. The molecule has 3 nitrogen and oxygen atoms in total. The first-order chi connectivity index (χ1) is 8.88. The first-order valence-electron chi connectivity index (χ1n) is 6.33. The average molecular weight is 241 g/mol. The Labute approximate surface area is 108 Å². The summed E-state index contributed by atoms with van der Waals surface area (Å²) >= 11 is 0. The molecule has 0 saturated heterocycles. The molecule has 94 valence electrons. The Morgan fingerprint density at radius 2 is 1.72 bits per heavy atom. The highest BCUT2D eigenvalue weighted by molar-refractivity contribution is 5.12. The van der Waals surface area contributed by atoms with Crippen LogP contribution in [-0.2, 0) is 12.8 Å².